The highest BCUT2D eigenvalue weighted by atomic mass is 35.5. The summed E-state index contributed by atoms with van der Waals surface area (Å²) in [5, 5.41) is 0.567. The van der Waals surface area contributed by atoms with E-state index in [2.05, 4.69) is 0 Å². The predicted octanol–water partition coefficient (Wildman–Crippen LogP) is 3.58. The van der Waals surface area contributed by atoms with Crippen molar-refractivity contribution in [2.24, 2.45) is 5.41 Å². The summed E-state index contributed by atoms with van der Waals surface area (Å²) in [6.07, 6.45) is 0. The Morgan fingerprint density at radius 3 is 2.40 bits per heavy atom. The van der Waals surface area contributed by atoms with Gasteiger partial charge in [-0.25, -0.2) is 0 Å². The van der Waals surface area contributed by atoms with E-state index in [1.807, 2.05) is 20.8 Å². The van der Waals surface area contributed by atoms with E-state index in [4.69, 9.17) is 16.3 Å². The van der Waals surface area contributed by atoms with Crippen molar-refractivity contribution >= 4 is 17.4 Å². The second-order valence-electron chi connectivity index (χ2n) is 4.42. The van der Waals surface area contributed by atoms with E-state index >= 15 is 0 Å². The molecule has 0 amide bonds. The number of hydrogen-bond acceptors (Lipinski definition) is 2. The lowest BCUT2D eigenvalue weighted by Gasteiger charge is -2.18. The summed E-state index contributed by atoms with van der Waals surface area (Å²) in [6.45, 7) is 5.64. The third kappa shape index (κ3) is 2.72. The van der Waals surface area contributed by atoms with Gasteiger partial charge in [-0.3, -0.25) is 4.79 Å². The molecule has 3 heteroatoms. The quantitative estimate of drug-likeness (QED) is 0.721. The van der Waals surface area contributed by atoms with Gasteiger partial charge in [0.05, 0.1) is 12.7 Å². The predicted molar refractivity (Wildman–Crippen MR) is 61.8 cm³/mol. The van der Waals surface area contributed by atoms with E-state index < -0.39 is 5.41 Å². The first-order chi connectivity index (χ1) is 6.86. The molecule has 0 aliphatic carbocycles. The molecule has 0 fully saturated rings. The van der Waals surface area contributed by atoms with E-state index in [1.165, 1.54) is 7.11 Å². The van der Waals surface area contributed by atoms with Crippen LogP contribution in [-0.4, -0.2) is 12.9 Å². The van der Waals surface area contributed by atoms with Gasteiger partial charge >= 0.3 is 0 Å². The lowest BCUT2D eigenvalue weighted by molar-refractivity contribution is 0.0855. The fourth-order valence-corrected chi connectivity index (χ4v) is 1.42. The van der Waals surface area contributed by atoms with Crippen LogP contribution in [0.2, 0.25) is 5.02 Å². The molecule has 0 saturated heterocycles. The fourth-order valence-electron chi connectivity index (χ4n) is 1.26. The summed E-state index contributed by atoms with van der Waals surface area (Å²) in [6, 6.07) is 5.05. The highest BCUT2D eigenvalue weighted by molar-refractivity contribution is 6.30. The molecule has 0 aromatic heterocycles. The second kappa shape index (κ2) is 4.23. The number of benzene rings is 1. The van der Waals surface area contributed by atoms with Gasteiger partial charge < -0.3 is 4.74 Å². The second-order valence-corrected chi connectivity index (χ2v) is 4.86. The van der Waals surface area contributed by atoms with Crippen molar-refractivity contribution in [1.82, 2.24) is 0 Å². The van der Waals surface area contributed by atoms with E-state index in [0.717, 1.165) is 0 Å². The monoisotopic (exact) mass is 226 g/mol. The lowest BCUT2D eigenvalue weighted by atomic mass is 9.86. The van der Waals surface area contributed by atoms with Crippen molar-refractivity contribution in [3.8, 4) is 5.75 Å². The zero-order valence-electron chi connectivity index (χ0n) is 9.43. The Labute approximate surface area is 95.2 Å². The molecule has 1 aromatic carbocycles. The Morgan fingerprint density at radius 1 is 1.33 bits per heavy atom. The molecule has 0 N–H and O–H groups in total. The summed E-state index contributed by atoms with van der Waals surface area (Å²) >= 11 is 5.82. The van der Waals surface area contributed by atoms with Crippen molar-refractivity contribution < 1.29 is 9.53 Å². The molecular formula is C12H15ClO2. The first-order valence-corrected chi connectivity index (χ1v) is 5.12. The summed E-state index contributed by atoms with van der Waals surface area (Å²) < 4.78 is 5.14. The molecule has 2 nitrogen and oxygen atoms in total. The zero-order valence-corrected chi connectivity index (χ0v) is 10.2. The van der Waals surface area contributed by atoms with E-state index in [1.54, 1.807) is 18.2 Å². The van der Waals surface area contributed by atoms with Crippen LogP contribution in [0.25, 0.3) is 0 Å². The molecule has 0 atom stereocenters. The first-order valence-electron chi connectivity index (χ1n) is 4.74. The van der Waals surface area contributed by atoms with Gasteiger partial charge in [0.25, 0.3) is 0 Å². The number of hydrogen-bond donors (Lipinski definition) is 0. The van der Waals surface area contributed by atoms with Crippen LogP contribution in [0.15, 0.2) is 18.2 Å². The van der Waals surface area contributed by atoms with Crippen LogP contribution in [0.3, 0.4) is 0 Å². The number of Topliss-reactive ketones (excluding diaryl/α,β-unsaturated/α-hetero) is 1. The largest absolute Gasteiger partial charge is 0.496 e. The first kappa shape index (κ1) is 12.1. The van der Waals surface area contributed by atoms with Crippen LogP contribution >= 0.6 is 11.6 Å². The number of rotatable bonds is 2. The van der Waals surface area contributed by atoms with Crippen LogP contribution in [0.4, 0.5) is 0 Å². The van der Waals surface area contributed by atoms with E-state index in [-0.39, 0.29) is 5.78 Å². The summed E-state index contributed by atoms with van der Waals surface area (Å²) in [7, 11) is 1.53. The normalized spacial score (nSPS) is 11.3. The number of ketones is 1. The van der Waals surface area contributed by atoms with Gasteiger partial charge in [0, 0.05) is 10.4 Å². The molecule has 0 spiro atoms. The van der Waals surface area contributed by atoms with Gasteiger partial charge in [-0.2, -0.15) is 0 Å². The van der Waals surface area contributed by atoms with E-state index in [9.17, 15) is 4.79 Å². The van der Waals surface area contributed by atoms with Crippen molar-refractivity contribution in [1.29, 1.82) is 0 Å². The smallest absolute Gasteiger partial charge is 0.171 e. The molecule has 1 rings (SSSR count). The number of carbonyl (C=O) groups is 1. The maximum atomic E-state index is 12.0. The average Bonchev–Trinajstić information content (AvgIpc) is 2.15. The third-order valence-electron chi connectivity index (χ3n) is 2.09. The molecule has 0 bridgehead atoms. The van der Waals surface area contributed by atoms with Gasteiger partial charge in [-0.1, -0.05) is 32.4 Å². The van der Waals surface area contributed by atoms with Crippen molar-refractivity contribution in [3.05, 3.63) is 28.8 Å². The number of halogens is 1. The fraction of sp³-hybridized carbons (Fsp3) is 0.417. The Hall–Kier alpha value is -1.02. The minimum Gasteiger partial charge on any atom is -0.496 e. The van der Waals surface area contributed by atoms with Crippen molar-refractivity contribution in [2.75, 3.05) is 7.11 Å². The van der Waals surface area contributed by atoms with Gasteiger partial charge in [0.2, 0.25) is 0 Å². The van der Waals surface area contributed by atoms with Crippen LogP contribution in [0.5, 0.6) is 5.75 Å². The molecular weight excluding hydrogens is 212 g/mol. The highest BCUT2D eigenvalue weighted by Gasteiger charge is 2.25. The van der Waals surface area contributed by atoms with E-state index in [0.29, 0.717) is 16.3 Å². The Bertz CT molecular complexity index is 378. The van der Waals surface area contributed by atoms with Crippen molar-refractivity contribution in [2.45, 2.75) is 20.8 Å². The number of methoxy groups -OCH3 is 1. The SMILES string of the molecule is COc1cc(Cl)ccc1C(=O)C(C)(C)C. The van der Waals surface area contributed by atoms with Gasteiger partial charge in [-0.05, 0) is 18.2 Å². The molecule has 82 valence electrons. The maximum Gasteiger partial charge on any atom is 0.171 e. The molecule has 1 aromatic rings. The maximum absolute atomic E-state index is 12.0. The molecule has 0 aliphatic heterocycles. The number of ether oxygens (including phenoxy) is 1. The Balaban J connectivity index is 3.20. The molecule has 0 saturated carbocycles. The van der Waals surface area contributed by atoms with Gasteiger partial charge in [-0.15, -0.1) is 0 Å². The van der Waals surface area contributed by atoms with Crippen LogP contribution in [0.1, 0.15) is 31.1 Å². The molecule has 0 radical (unpaired) electrons. The highest BCUT2D eigenvalue weighted by Crippen LogP contribution is 2.29. The third-order valence-corrected chi connectivity index (χ3v) is 2.32. The topological polar surface area (TPSA) is 26.3 Å². The Morgan fingerprint density at radius 2 is 1.93 bits per heavy atom. The van der Waals surface area contributed by atoms with Crippen LogP contribution < -0.4 is 4.74 Å². The van der Waals surface area contributed by atoms with Gasteiger partial charge in [0.1, 0.15) is 5.75 Å². The number of carbonyl (C=O) groups excluding carboxylic acids is 1. The van der Waals surface area contributed by atoms with Crippen molar-refractivity contribution in [3.63, 3.8) is 0 Å². The van der Waals surface area contributed by atoms with Gasteiger partial charge in [0.15, 0.2) is 5.78 Å². The Kier molecular flexibility index (Phi) is 3.40. The average molecular weight is 227 g/mol. The van der Waals surface area contributed by atoms with Crippen LogP contribution in [-0.2, 0) is 0 Å². The molecule has 15 heavy (non-hydrogen) atoms. The zero-order chi connectivity index (χ0) is 11.6. The summed E-state index contributed by atoms with van der Waals surface area (Å²) in [4.78, 5) is 12.0. The summed E-state index contributed by atoms with van der Waals surface area (Å²) in [5.74, 6) is 0.582. The van der Waals surface area contributed by atoms with Crippen LogP contribution in [0, 0.1) is 5.41 Å². The molecule has 0 aliphatic rings. The summed E-state index contributed by atoms with van der Waals surface area (Å²) in [5.41, 5.74) is 0.163. The molecule has 0 heterocycles. The minimum absolute atomic E-state index is 0.0519. The lowest BCUT2D eigenvalue weighted by Crippen LogP contribution is -2.20. The molecule has 0 unspecified atom stereocenters. The minimum atomic E-state index is -0.416. The standard InChI is InChI=1S/C12H15ClO2/c1-12(2,3)11(14)9-6-5-8(13)7-10(9)15-4/h5-7H,1-4H3.